The minimum atomic E-state index is -0.674. The molecule has 1 atom stereocenters. The van der Waals surface area contributed by atoms with Crippen LogP contribution in [0.3, 0.4) is 0 Å². The van der Waals surface area contributed by atoms with E-state index in [4.69, 9.17) is 4.42 Å². The average molecular weight is 254 g/mol. The van der Waals surface area contributed by atoms with Crippen LogP contribution in [0.25, 0.3) is 0 Å². The van der Waals surface area contributed by atoms with E-state index in [2.05, 4.69) is 15.0 Å². The number of amides is 1. The van der Waals surface area contributed by atoms with Crippen molar-refractivity contribution in [3.63, 3.8) is 0 Å². The maximum absolute atomic E-state index is 11.9. The largest absolute Gasteiger partial charge is 0.467 e. The van der Waals surface area contributed by atoms with Gasteiger partial charge in [-0.25, -0.2) is 9.78 Å². The van der Waals surface area contributed by atoms with Gasteiger partial charge in [0.05, 0.1) is 12.8 Å². The number of aromatic nitrogens is 1. The number of carbonyl (C=O) groups is 2. The summed E-state index contributed by atoms with van der Waals surface area (Å²) in [6, 6.07) is -0.674. The molecule has 6 nitrogen and oxygen atoms in total. The maximum atomic E-state index is 11.9. The van der Waals surface area contributed by atoms with E-state index in [1.165, 1.54) is 13.5 Å². The first-order chi connectivity index (χ1) is 8.45. The number of carbonyl (C=O) groups excluding carboxylic acids is 2. The van der Waals surface area contributed by atoms with Gasteiger partial charge in [0, 0.05) is 0 Å². The van der Waals surface area contributed by atoms with Crippen LogP contribution < -0.4 is 5.32 Å². The summed E-state index contributed by atoms with van der Waals surface area (Å²) in [6.45, 7) is 5.58. The molecule has 0 aliphatic rings. The van der Waals surface area contributed by atoms with Gasteiger partial charge in [0.25, 0.3) is 5.91 Å². The molecule has 0 aliphatic carbocycles. The summed E-state index contributed by atoms with van der Waals surface area (Å²) in [4.78, 5) is 27.3. The second kappa shape index (κ2) is 6.18. The lowest BCUT2D eigenvalue weighted by Gasteiger charge is -2.17. The molecule has 1 unspecified atom stereocenters. The van der Waals surface area contributed by atoms with E-state index in [1.54, 1.807) is 6.92 Å². The molecule has 0 aliphatic heterocycles. The summed E-state index contributed by atoms with van der Waals surface area (Å²) in [6.07, 6.45) is 1.70. The summed E-state index contributed by atoms with van der Waals surface area (Å²) in [5, 5.41) is 2.60. The molecule has 0 fully saturated rings. The topological polar surface area (TPSA) is 81.4 Å². The number of nitrogens with one attached hydrogen (secondary N) is 1. The van der Waals surface area contributed by atoms with Gasteiger partial charge in [-0.05, 0) is 19.3 Å². The lowest BCUT2D eigenvalue weighted by Crippen LogP contribution is -2.42. The molecule has 1 N–H and O–H groups in total. The normalized spacial score (nSPS) is 12.3. The highest BCUT2D eigenvalue weighted by Crippen LogP contribution is 2.09. The van der Waals surface area contributed by atoms with Crippen LogP contribution in [0.15, 0.2) is 10.8 Å². The lowest BCUT2D eigenvalue weighted by atomic mass is 10.0. The molecule has 0 bridgehead atoms. The highest BCUT2D eigenvalue weighted by molar-refractivity contribution is 5.95. The van der Waals surface area contributed by atoms with Gasteiger partial charge >= 0.3 is 5.97 Å². The first-order valence-corrected chi connectivity index (χ1v) is 5.74. The number of esters is 1. The number of aryl methyl sites for hydroxylation is 1. The molecule has 1 heterocycles. The number of hydrogen-bond acceptors (Lipinski definition) is 5. The third kappa shape index (κ3) is 3.58. The highest BCUT2D eigenvalue weighted by atomic mass is 16.5. The van der Waals surface area contributed by atoms with Crippen LogP contribution in [0.1, 0.15) is 36.5 Å². The van der Waals surface area contributed by atoms with Crippen molar-refractivity contribution < 1.29 is 18.7 Å². The lowest BCUT2D eigenvalue weighted by molar-refractivity contribution is -0.143. The highest BCUT2D eigenvalue weighted by Gasteiger charge is 2.25. The molecule has 18 heavy (non-hydrogen) atoms. The average Bonchev–Trinajstić information content (AvgIpc) is 2.73. The molecule has 0 aromatic carbocycles. The van der Waals surface area contributed by atoms with Crippen LogP contribution in [-0.4, -0.2) is 30.0 Å². The number of nitrogens with zero attached hydrogens (tertiary/aromatic N) is 1. The molecule has 0 spiro atoms. The standard InChI is InChI=1S/C12H18N2O4/c1-7(2)5-9(12(16)17-4)14-11(15)10-8(3)13-6-18-10/h6-7,9H,5H2,1-4H3,(H,14,15). The molecule has 1 amide bonds. The number of oxazole rings is 1. The fraction of sp³-hybridized carbons (Fsp3) is 0.583. The molecular formula is C12H18N2O4. The van der Waals surface area contributed by atoms with Crippen molar-refractivity contribution in [1.29, 1.82) is 0 Å². The van der Waals surface area contributed by atoms with E-state index in [1.807, 2.05) is 13.8 Å². The second-order valence-corrected chi connectivity index (χ2v) is 4.45. The minimum absolute atomic E-state index is 0.118. The van der Waals surface area contributed by atoms with E-state index in [9.17, 15) is 9.59 Å². The SMILES string of the molecule is COC(=O)C(CC(C)C)NC(=O)c1ocnc1C. The van der Waals surface area contributed by atoms with Crippen LogP contribution in [0, 0.1) is 12.8 Å². The van der Waals surface area contributed by atoms with Gasteiger partial charge in [0.15, 0.2) is 6.39 Å². The first kappa shape index (κ1) is 14.2. The Labute approximate surface area is 106 Å². The number of hydrogen-bond donors (Lipinski definition) is 1. The molecule has 1 aromatic heterocycles. The Balaban J connectivity index is 2.74. The van der Waals surface area contributed by atoms with Gasteiger partial charge in [-0.3, -0.25) is 4.79 Å². The molecule has 0 radical (unpaired) electrons. The molecular weight excluding hydrogens is 236 g/mol. The van der Waals surface area contributed by atoms with Gasteiger partial charge in [0.2, 0.25) is 5.76 Å². The Morgan fingerprint density at radius 1 is 1.50 bits per heavy atom. The van der Waals surface area contributed by atoms with E-state index in [0.717, 1.165) is 0 Å². The van der Waals surface area contributed by atoms with Gasteiger partial charge in [-0.2, -0.15) is 0 Å². The summed E-state index contributed by atoms with van der Waals surface area (Å²) < 4.78 is 9.63. The van der Waals surface area contributed by atoms with Crippen molar-refractivity contribution in [2.24, 2.45) is 5.92 Å². The fourth-order valence-corrected chi connectivity index (χ4v) is 1.57. The van der Waals surface area contributed by atoms with Crippen LogP contribution in [0.2, 0.25) is 0 Å². The zero-order chi connectivity index (χ0) is 13.7. The zero-order valence-electron chi connectivity index (χ0n) is 11.0. The van der Waals surface area contributed by atoms with Gasteiger partial charge in [-0.15, -0.1) is 0 Å². The predicted octanol–water partition coefficient (Wildman–Crippen LogP) is 1.30. The van der Waals surface area contributed by atoms with Crippen molar-refractivity contribution in [2.45, 2.75) is 33.2 Å². The zero-order valence-corrected chi connectivity index (χ0v) is 11.0. The van der Waals surface area contributed by atoms with E-state index in [-0.39, 0.29) is 11.7 Å². The van der Waals surface area contributed by atoms with Crippen LogP contribution in [0.4, 0.5) is 0 Å². The molecule has 100 valence electrons. The molecule has 0 saturated heterocycles. The summed E-state index contributed by atoms with van der Waals surface area (Å²) >= 11 is 0. The Bertz CT molecular complexity index is 425. The Hall–Kier alpha value is -1.85. The summed E-state index contributed by atoms with van der Waals surface area (Å²) in [5.41, 5.74) is 0.487. The van der Waals surface area contributed by atoms with Crippen molar-refractivity contribution >= 4 is 11.9 Å². The number of ether oxygens (including phenoxy) is 1. The van der Waals surface area contributed by atoms with E-state index < -0.39 is 17.9 Å². The second-order valence-electron chi connectivity index (χ2n) is 4.45. The van der Waals surface area contributed by atoms with Gasteiger partial charge in [-0.1, -0.05) is 13.8 Å². The van der Waals surface area contributed by atoms with Crippen molar-refractivity contribution in [2.75, 3.05) is 7.11 Å². The molecule has 6 heteroatoms. The third-order valence-corrected chi connectivity index (χ3v) is 2.45. The number of rotatable bonds is 5. The summed E-state index contributed by atoms with van der Waals surface area (Å²) in [7, 11) is 1.29. The van der Waals surface area contributed by atoms with E-state index in [0.29, 0.717) is 12.1 Å². The molecule has 0 saturated carbocycles. The first-order valence-electron chi connectivity index (χ1n) is 5.74. The monoisotopic (exact) mass is 254 g/mol. The smallest absolute Gasteiger partial charge is 0.328 e. The van der Waals surface area contributed by atoms with Crippen LogP contribution >= 0.6 is 0 Å². The minimum Gasteiger partial charge on any atom is -0.467 e. The van der Waals surface area contributed by atoms with Crippen molar-refractivity contribution in [3.05, 3.63) is 17.8 Å². The van der Waals surface area contributed by atoms with Gasteiger partial charge < -0.3 is 14.5 Å². The molecule has 1 aromatic rings. The van der Waals surface area contributed by atoms with Gasteiger partial charge in [0.1, 0.15) is 6.04 Å². The van der Waals surface area contributed by atoms with Crippen LogP contribution in [-0.2, 0) is 9.53 Å². The summed E-state index contributed by atoms with van der Waals surface area (Å²) in [5.74, 6) is -0.548. The maximum Gasteiger partial charge on any atom is 0.328 e. The third-order valence-electron chi connectivity index (χ3n) is 2.45. The van der Waals surface area contributed by atoms with Crippen molar-refractivity contribution in [1.82, 2.24) is 10.3 Å². The van der Waals surface area contributed by atoms with Crippen molar-refractivity contribution in [3.8, 4) is 0 Å². The van der Waals surface area contributed by atoms with E-state index >= 15 is 0 Å². The molecule has 1 rings (SSSR count). The Morgan fingerprint density at radius 3 is 2.61 bits per heavy atom. The fourth-order valence-electron chi connectivity index (χ4n) is 1.57. The quantitative estimate of drug-likeness (QED) is 0.801. The Morgan fingerprint density at radius 2 is 2.17 bits per heavy atom. The predicted molar refractivity (Wildman–Crippen MR) is 64.0 cm³/mol. The Kier molecular flexibility index (Phi) is 4.88. The number of methoxy groups -OCH3 is 1. The van der Waals surface area contributed by atoms with Crippen LogP contribution in [0.5, 0.6) is 0 Å².